The highest BCUT2D eigenvalue weighted by Gasteiger charge is 2.32. The molecular formula is C24H39N5OS. The molecule has 1 aromatic rings. The van der Waals surface area contributed by atoms with Crippen LogP contribution in [0, 0.1) is 0 Å². The minimum atomic E-state index is 0.0356. The first kappa shape index (κ1) is 22.9. The molecule has 0 aliphatic carbocycles. The number of piperidine rings is 1. The second-order valence-corrected chi connectivity index (χ2v) is 10.6. The van der Waals surface area contributed by atoms with E-state index in [4.69, 9.17) is 0 Å². The fourth-order valence-electron chi connectivity index (χ4n) is 5.09. The molecule has 0 bridgehead atoms. The van der Waals surface area contributed by atoms with Gasteiger partial charge in [0.25, 0.3) is 0 Å². The standard InChI is InChI=1S/C24H39N5OS/c1-20-19-28(13-14-29(20)23-8-10-26(2)11-9-23)24(30)25-22-5-3-21(4-6-22)7-12-27-15-17-31-18-16-27/h3-6,20,23H,7-19H2,1-2H3,(H,25,30)/t20-/m1/s1. The molecule has 3 fully saturated rings. The Kier molecular flexibility index (Phi) is 8.15. The molecule has 31 heavy (non-hydrogen) atoms. The van der Waals surface area contributed by atoms with Gasteiger partial charge in [0.05, 0.1) is 0 Å². The lowest BCUT2D eigenvalue weighted by atomic mass is 10.0. The number of thioether (sulfide) groups is 1. The number of carbonyl (C=O) groups is 1. The summed E-state index contributed by atoms with van der Waals surface area (Å²) in [5, 5.41) is 3.11. The number of rotatable bonds is 5. The number of hydrogen-bond acceptors (Lipinski definition) is 5. The van der Waals surface area contributed by atoms with Gasteiger partial charge in [0.2, 0.25) is 0 Å². The zero-order valence-corrected chi connectivity index (χ0v) is 20.1. The molecule has 7 heteroatoms. The minimum Gasteiger partial charge on any atom is -0.322 e. The SMILES string of the molecule is C[C@@H]1CN(C(=O)Nc2ccc(CCN3CCSCC3)cc2)CCN1C1CCN(C)CC1. The van der Waals surface area contributed by atoms with Crippen LogP contribution in [-0.2, 0) is 6.42 Å². The summed E-state index contributed by atoms with van der Waals surface area (Å²) in [6.45, 7) is 10.8. The summed E-state index contributed by atoms with van der Waals surface area (Å²) >= 11 is 2.06. The molecule has 3 saturated heterocycles. The molecule has 3 aliphatic rings. The Labute approximate surface area is 192 Å². The van der Waals surface area contributed by atoms with Crippen LogP contribution in [0.25, 0.3) is 0 Å². The predicted octanol–water partition coefficient (Wildman–Crippen LogP) is 2.91. The lowest BCUT2D eigenvalue weighted by Gasteiger charge is -2.46. The minimum absolute atomic E-state index is 0.0356. The highest BCUT2D eigenvalue weighted by Crippen LogP contribution is 2.22. The summed E-state index contributed by atoms with van der Waals surface area (Å²) in [6, 6.07) is 9.56. The van der Waals surface area contributed by atoms with Crippen LogP contribution in [0.1, 0.15) is 25.3 Å². The van der Waals surface area contributed by atoms with Crippen molar-refractivity contribution in [2.24, 2.45) is 0 Å². The molecule has 3 aliphatic heterocycles. The van der Waals surface area contributed by atoms with Crippen LogP contribution in [0.2, 0.25) is 0 Å². The summed E-state index contributed by atoms with van der Waals surface area (Å²) in [5.41, 5.74) is 2.24. The highest BCUT2D eigenvalue weighted by atomic mass is 32.2. The van der Waals surface area contributed by atoms with E-state index in [0.717, 1.165) is 38.3 Å². The maximum absolute atomic E-state index is 12.8. The third-order valence-electron chi connectivity index (χ3n) is 7.15. The van der Waals surface area contributed by atoms with Crippen LogP contribution in [0.3, 0.4) is 0 Å². The molecule has 0 unspecified atom stereocenters. The average Bonchev–Trinajstić information content (AvgIpc) is 2.80. The van der Waals surface area contributed by atoms with E-state index in [0.29, 0.717) is 12.1 Å². The van der Waals surface area contributed by atoms with Crippen molar-refractivity contribution in [3.63, 3.8) is 0 Å². The van der Waals surface area contributed by atoms with Crippen LogP contribution < -0.4 is 5.32 Å². The van der Waals surface area contributed by atoms with E-state index in [2.05, 4.69) is 70.0 Å². The molecule has 1 N–H and O–H groups in total. The summed E-state index contributed by atoms with van der Waals surface area (Å²) in [7, 11) is 2.21. The number of likely N-dealkylation sites (tertiary alicyclic amines) is 1. The fourth-order valence-corrected chi connectivity index (χ4v) is 6.07. The van der Waals surface area contributed by atoms with E-state index in [1.807, 2.05) is 4.90 Å². The van der Waals surface area contributed by atoms with Gasteiger partial charge in [0.1, 0.15) is 0 Å². The van der Waals surface area contributed by atoms with E-state index in [1.54, 1.807) is 0 Å². The normalized spacial score (nSPS) is 25.0. The Bertz CT molecular complexity index is 700. The summed E-state index contributed by atoms with van der Waals surface area (Å²) in [6.07, 6.45) is 3.57. The molecule has 2 amide bonds. The van der Waals surface area contributed by atoms with Crippen molar-refractivity contribution >= 4 is 23.5 Å². The number of urea groups is 1. The zero-order valence-electron chi connectivity index (χ0n) is 19.3. The van der Waals surface area contributed by atoms with Gasteiger partial charge in [-0.2, -0.15) is 11.8 Å². The van der Waals surface area contributed by atoms with Crippen molar-refractivity contribution in [2.45, 2.75) is 38.3 Å². The van der Waals surface area contributed by atoms with E-state index in [9.17, 15) is 4.79 Å². The molecule has 1 atom stereocenters. The van der Waals surface area contributed by atoms with E-state index >= 15 is 0 Å². The van der Waals surface area contributed by atoms with Crippen molar-refractivity contribution in [3.8, 4) is 0 Å². The number of nitrogens with zero attached hydrogens (tertiary/aromatic N) is 4. The first-order valence-electron chi connectivity index (χ1n) is 12.0. The van der Waals surface area contributed by atoms with Crippen molar-refractivity contribution in [2.75, 3.05) is 76.2 Å². The van der Waals surface area contributed by atoms with Gasteiger partial charge >= 0.3 is 6.03 Å². The lowest BCUT2D eigenvalue weighted by Crippen LogP contribution is -2.58. The van der Waals surface area contributed by atoms with Gasteiger partial charge in [-0.15, -0.1) is 0 Å². The smallest absolute Gasteiger partial charge is 0.321 e. The van der Waals surface area contributed by atoms with Gasteiger partial charge in [0, 0.05) is 68.5 Å². The fraction of sp³-hybridized carbons (Fsp3) is 0.708. The molecule has 1 aromatic carbocycles. The zero-order chi connectivity index (χ0) is 21.6. The summed E-state index contributed by atoms with van der Waals surface area (Å²) < 4.78 is 0. The summed E-state index contributed by atoms with van der Waals surface area (Å²) in [4.78, 5) is 22.4. The Hall–Kier alpha value is -1.28. The molecule has 4 rings (SSSR count). The van der Waals surface area contributed by atoms with E-state index < -0.39 is 0 Å². The largest absolute Gasteiger partial charge is 0.322 e. The Morgan fingerprint density at radius 3 is 2.42 bits per heavy atom. The Balaban J connectivity index is 1.22. The molecular weight excluding hydrogens is 406 g/mol. The first-order valence-corrected chi connectivity index (χ1v) is 13.1. The van der Waals surface area contributed by atoms with Gasteiger partial charge in [0.15, 0.2) is 0 Å². The Morgan fingerprint density at radius 2 is 1.74 bits per heavy atom. The van der Waals surface area contributed by atoms with Crippen LogP contribution in [0.5, 0.6) is 0 Å². The average molecular weight is 446 g/mol. The maximum atomic E-state index is 12.8. The van der Waals surface area contributed by atoms with E-state index in [1.165, 1.54) is 56.1 Å². The molecule has 172 valence electrons. The monoisotopic (exact) mass is 445 g/mol. The quantitative estimate of drug-likeness (QED) is 0.755. The number of carbonyl (C=O) groups excluding carboxylic acids is 1. The predicted molar refractivity (Wildman–Crippen MR) is 131 cm³/mol. The van der Waals surface area contributed by atoms with E-state index in [-0.39, 0.29) is 6.03 Å². The molecule has 0 radical (unpaired) electrons. The van der Waals surface area contributed by atoms with Gasteiger partial charge in [-0.25, -0.2) is 4.79 Å². The van der Waals surface area contributed by atoms with Gasteiger partial charge in [-0.1, -0.05) is 12.1 Å². The van der Waals surface area contributed by atoms with Gasteiger partial charge < -0.3 is 20.0 Å². The van der Waals surface area contributed by atoms with Gasteiger partial charge in [-0.05, 0) is 64.0 Å². The van der Waals surface area contributed by atoms with Crippen molar-refractivity contribution in [3.05, 3.63) is 29.8 Å². The number of nitrogens with one attached hydrogen (secondary N) is 1. The van der Waals surface area contributed by atoms with Crippen molar-refractivity contribution in [1.29, 1.82) is 0 Å². The topological polar surface area (TPSA) is 42.1 Å². The van der Waals surface area contributed by atoms with Crippen LogP contribution in [-0.4, -0.2) is 109 Å². The molecule has 0 saturated carbocycles. The first-order chi connectivity index (χ1) is 15.1. The number of piperazine rings is 1. The lowest BCUT2D eigenvalue weighted by molar-refractivity contribution is 0.0393. The van der Waals surface area contributed by atoms with Gasteiger partial charge in [-0.3, -0.25) is 4.90 Å². The molecule has 0 aromatic heterocycles. The molecule has 3 heterocycles. The second-order valence-electron chi connectivity index (χ2n) is 9.40. The van der Waals surface area contributed by atoms with Crippen molar-refractivity contribution < 1.29 is 4.79 Å². The van der Waals surface area contributed by atoms with Crippen LogP contribution in [0.15, 0.2) is 24.3 Å². The number of anilines is 1. The van der Waals surface area contributed by atoms with Crippen LogP contribution in [0.4, 0.5) is 10.5 Å². The van der Waals surface area contributed by atoms with Crippen molar-refractivity contribution in [1.82, 2.24) is 19.6 Å². The summed E-state index contributed by atoms with van der Waals surface area (Å²) in [5.74, 6) is 2.52. The van der Waals surface area contributed by atoms with Crippen LogP contribution >= 0.6 is 11.8 Å². The Morgan fingerprint density at radius 1 is 1.03 bits per heavy atom. The molecule has 0 spiro atoms. The highest BCUT2D eigenvalue weighted by molar-refractivity contribution is 7.99. The second kappa shape index (κ2) is 11.0. The number of benzene rings is 1. The third-order valence-corrected chi connectivity index (χ3v) is 8.09. The third kappa shape index (κ3) is 6.37. The number of hydrogen-bond donors (Lipinski definition) is 1. The maximum Gasteiger partial charge on any atom is 0.321 e. The number of amides is 2. The molecule has 6 nitrogen and oxygen atoms in total.